The Balaban J connectivity index is 1.36. The summed E-state index contributed by atoms with van der Waals surface area (Å²) in [5.41, 5.74) is 10.5. The average Bonchev–Trinajstić information content (AvgIpc) is 2.98. The van der Waals surface area contributed by atoms with Crippen LogP contribution in [0.25, 0.3) is 32.7 Å². The van der Waals surface area contributed by atoms with Gasteiger partial charge < -0.3 is 4.90 Å². The van der Waals surface area contributed by atoms with Gasteiger partial charge in [0.05, 0.1) is 0 Å². The van der Waals surface area contributed by atoms with E-state index in [0.717, 1.165) is 0 Å². The van der Waals surface area contributed by atoms with Crippen molar-refractivity contribution in [3.05, 3.63) is 138 Å². The molecule has 0 bridgehead atoms. The summed E-state index contributed by atoms with van der Waals surface area (Å²) >= 11 is 0. The first-order valence-corrected chi connectivity index (χ1v) is 13.7. The Hall–Kier alpha value is -4.36. The molecule has 0 spiro atoms. The molecule has 0 radical (unpaired) electrons. The number of aryl methyl sites for hydroxylation is 3. The lowest BCUT2D eigenvalue weighted by atomic mass is 9.89. The number of hydrogen-bond acceptors (Lipinski definition) is 1. The number of anilines is 3. The van der Waals surface area contributed by atoms with Crippen molar-refractivity contribution in [3.63, 3.8) is 0 Å². The third-order valence-corrected chi connectivity index (χ3v) is 8.12. The van der Waals surface area contributed by atoms with Gasteiger partial charge in [-0.05, 0) is 118 Å². The van der Waals surface area contributed by atoms with E-state index in [1.54, 1.807) is 0 Å². The Morgan fingerprint density at radius 1 is 0.526 bits per heavy atom. The second kappa shape index (κ2) is 9.50. The van der Waals surface area contributed by atoms with E-state index in [4.69, 9.17) is 0 Å². The molecule has 1 nitrogen and oxygen atoms in total. The zero-order valence-electron chi connectivity index (χ0n) is 21.8. The van der Waals surface area contributed by atoms with Gasteiger partial charge in [-0.2, -0.15) is 0 Å². The standard InChI is InChI=1S/C37H31N/c1-26-23-28-11-5-6-12-29(28)25-37(26)38(31-14-3-2-4-15-31)32-21-19-27(20-22-32)36-24-30-13-7-8-16-33(30)34-17-9-10-18-35(34)36/h2-4,7-10,13-25H,5-6,11-12H2,1H3. The van der Waals surface area contributed by atoms with E-state index in [9.17, 15) is 0 Å². The summed E-state index contributed by atoms with van der Waals surface area (Å²) in [6.07, 6.45) is 4.98. The fourth-order valence-electron chi connectivity index (χ4n) is 6.22. The van der Waals surface area contributed by atoms with Gasteiger partial charge in [-0.3, -0.25) is 0 Å². The third-order valence-electron chi connectivity index (χ3n) is 8.12. The Kier molecular flexibility index (Phi) is 5.70. The minimum atomic E-state index is 1.18. The highest BCUT2D eigenvalue weighted by Crippen LogP contribution is 2.41. The molecule has 0 N–H and O–H groups in total. The second-order valence-electron chi connectivity index (χ2n) is 10.5. The Labute approximate surface area is 225 Å². The predicted octanol–water partition coefficient (Wildman–Crippen LogP) is 10.3. The summed E-state index contributed by atoms with van der Waals surface area (Å²) < 4.78 is 0. The van der Waals surface area contributed by atoms with Crippen molar-refractivity contribution in [2.75, 3.05) is 4.90 Å². The lowest BCUT2D eigenvalue weighted by Crippen LogP contribution is -2.13. The maximum Gasteiger partial charge on any atom is 0.0493 e. The van der Waals surface area contributed by atoms with Crippen molar-refractivity contribution in [1.82, 2.24) is 0 Å². The Morgan fingerprint density at radius 3 is 1.89 bits per heavy atom. The van der Waals surface area contributed by atoms with Gasteiger partial charge in [-0.15, -0.1) is 0 Å². The molecule has 1 aliphatic rings. The maximum absolute atomic E-state index is 2.45. The van der Waals surface area contributed by atoms with Gasteiger partial charge in [-0.25, -0.2) is 0 Å². The van der Waals surface area contributed by atoms with Crippen molar-refractivity contribution in [2.24, 2.45) is 0 Å². The van der Waals surface area contributed by atoms with Crippen molar-refractivity contribution in [1.29, 1.82) is 0 Å². The lowest BCUT2D eigenvalue weighted by molar-refractivity contribution is 0.685. The first kappa shape index (κ1) is 22.8. The monoisotopic (exact) mass is 489 g/mol. The topological polar surface area (TPSA) is 3.24 Å². The first-order valence-electron chi connectivity index (χ1n) is 13.7. The second-order valence-corrected chi connectivity index (χ2v) is 10.5. The molecule has 6 aromatic carbocycles. The number of hydrogen-bond donors (Lipinski definition) is 0. The van der Waals surface area contributed by atoms with Gasteiger partial charge in [-0.1, -0.05) is 84.9 Å². The van der Waals surface area contributed by atoms with Crippen LogP contribution in [-0.2, 0) is 12.8 Å². The molecule has 0 heterocycles. The Bertz CT molecular complexity index is 1760. The molecule has 0 saturated carbocycles. The van der Waals surface area contributed by atoms with E-state index in [-0.39, 0.29) is 0 Å². The summed E-state index contributed by atoms with van der Waals surface area (Å²) in [5, 5.41) is 5.19. The highest BCUT2D eigenvalue weighted by atomic mass is 15.1. The predicted molar refractivity (Wildman–Crippen MR) is 163 cm³/mol. The van der Waals surface area contributed by atoms with Gasteiger partial charge in [0.2, 0.25) is 0 Å². The minimum absolute atomic E-state index is 1.18. The zero-order chi connectivity index (χ0) is 25.5. The smallest absolute Gasteiger partial charge is 0.0493 e. The van der Waals surface area contributed by atoms with Gasteiger partial charge in [0.1, 0.15) is 0 Å². The average molecular weight is 490 g/mol. The summed E-state index contributed by atoms with van der Waals surface area (Å²) in [4.78, 5) is 2.42. The molecule has 0 atom stereocenters. The van der Waals surface area contributed by atoms with E-state index < -0.39 is 0 Å². The molecule has 0 aromatic heterocycles. The summed E-state index contributed by atoms with van der Waals surface area (Å²) in [6, 6.07) is 44.6. The highest BCUT2D eigenvalue weighted by Gasteiger charge is 2.19. The molecule has 0 saturated heterocycles. The number of fused-ring (bicyclic) bond motifs is 4. The van der Waals surface area contributed by atoms with Crippen LogP contribution < -0.4 is 4.90 Å². The molecule has 1 aliphatic carbocycles. The molecule has 38 heavy (non-hydrogen) atoms. The fraction of sp³-hybridized carbons (Fsp3) is 0.135. The van der Waals surface area contributed by atoms with Crippen molar-refractivity contribution < 1.29 is 0 Å². The summed E-state index contributed by atoms with van der Waals surface area (Å²) in [5.74, 6) is 0. The first-order chi connectivity index (χ1) is 18.8. The largest absolute Gasteiger partial charge is 0.310 e. The Morgan fingerprint density at radius 2 is 1.13 bits per heavy atom. The maximum atomic E-state index is 2.45. The van der Waals surface area contributed by atoms with Crippen molar-refractivity contribution >= 4 is 38.6 Å². The highest BCUT2D eigenvalue weighted by molar-refractivity contribution is 6.13. The van der Waals surface area contributed by atoms with E-state index >= 15 is 0 Å². The van der Waals surface area contributed by atoms with Crippen LogP contribution >= 0.6 is 0 Å². The molecular weight excluding hydrogens is 458 g/mol. The SMILES string of the molecule is Cc1cc2c(cc1N(c1ccccc1)c1ccc(-c3cc4ccccc4c4ccccc34)cc1)CCCC2. The van der Waals surface area contributed by atoms with Crippen LogP contribution in [0.3, 0.4) is 0 Å². The lowest BCUT2D eigenvalue weighted by Gasteiger charge is -2.29. The van der Waals surface area contributed by atoms with Crippen LogP contribution in [0.2, 0.25) is 0 Å². The molecule has 0 aliphatic heterocycles. The molecular formula is C37H31N. The third kappa shape index (κ3) is 3.96. The van der Waals surface area contributed by atoms with Crippen LogP contribution in [-0.4, -0.2) is 0 Å². The number of rotatable bonds is 4. The van der Waals surface area contributed by atoms with Crippen molar-refractivity contribution in [2.45, 2.75) is 32.6 Å². The van der Waals surface area contributed by atoms with Gasteiger partial charge in [0.15, 0.2) is 0 Å². The molecule has 184 valence electrons. The van der Waals surface area contributed by atoms with E-state index in [0.29, 0.717) is 0 Å². The van der Waals surface area contributed by atoms with Crippen LogP contribution in [0.15, 0.2) is 121 Å². The molecule has 0 unspecified atom stereocenters. The summed E-state index contributed by atoms with van der Waals surface area (Å²) in [6.45, 7) is 2.26. The van der Waals surface area contributed by atoms with Gasteiger partial charge in [0, 0.05) is 17.1 Å². The van der Waals surface area contributed by atoms with Gasteiger partial charge >= 0.3 is 0 Å². The van der Waals surface area contributed by atoms with Crippen LogP contribution in [0.1, 0.15) is 29.5 Å². The van der Waals surface area contributed by atoms with Crippen LogP contribution in [0.5, 0.6) is 0 Å². The van der Waals surface area contributed by atoms with E-state index in [1.165, 1.54) is 92.1 Å². The molecule has 7 rings (SSSR count). The molecule has 0 fully saturated rings. The quantitative estimate of drug-likeness (QED) is 0.223. The molecule has 6 aromatic rings. The molecule has 1 heteroatoms. The number of para-hydroxylation sites is 1. The summed E-state index contributed by atoms with van der Waals surface area (Å²) in [7, 11) is 0. The fourth-order valence-corrected chi connectivity index (χ4v) is 6.22. The van der Waals surface area contributed by atoms with Crippen LogP contribution in [0.4, 0.5) is 17.1 Å². The van der Waals surface area contributed by atoms with Gasteiger partial charge in [0.25, 0.3) is 0 Å². The normalized spacial score (nSPS) is 13.0. The zero-order valence-corrected chi connectivity index (χ0v) is 21.8. The number of nitrogens with zero attached hydrogens (tertiary/aromatic N) is 1. The molecule has 0 amide bonds. The minimum Gasteiger partial charge on any atom is -0.310 e. The van der Waals surface area contributed by atoms with E-state index in [2.05, 4.69) is 133 Å². The van der Waals surface area contributed by atoms with Crippen molar-refractivity contribution in [3.8, 4) is 11.1 Å². The van der Waals surface area contributed by atoms with Crippen LogP contribution in [0, 0.1) is 6.92 Å². The van der Waals surface area contributed by atoms with E-state index in [1.807, 2.05) is 0 Å². The number of benzene rings is 6.